The van der Waals surface area contributed by atoms with Gasteiger partial charge in [0.05, 0.1) is 24.2 Å². The Morgan fingerprint density at radius 3 is 2.45 bits per heavy atom. The number of aliphatic carboxylic acids is 1. The summed E-state index contributed by atoms with van der Waals surface area (Å²) in [6.07, 6.45) is 3.53. The van der Waals surface area contributed by atoms with Gasteiger partial charge in [-0.2, -0.15) is 0 Å². The average Bonchev–Trinajstić information content (AvgIpc) is 2.96. The van der Waals surface area contributed by atoms with Gasteiger partial charge in [-0.25, -0.2) is 4.39 Å². The second kappa shape index (κ2) is 11.2. The van der Waals surface area contributed by atoms with E-state index in [2.05, 4.69) is 41.3 Å². The molecule has 6 rings (SSSR count). The molecule has 1 saturated heterocycles. The molecule has 7 nitrogen and oxygen atoms in total. The summed E-state index contributed by atoms with van der Waals surface area (Å²) in [4.78, 5) is 22.0. The van der Waals surface area contributed by atoms with Gasteiger partial charge in [0.25, 0.3) is 0 Å². The number of rotatable bonds is 8. The van der Waals surface area contributed by atoms with E-state index in [0.717, 1.165) is 55.8 Å². The predicted octanol–water partition coefficient (Wildman–Crippen LogP) is 6.99. The Hall–Kier alpha value is -4.82. The highest BCUT2D eigenvalue weighted by molar-refractivity contribution is 5.90. The van der Waals surface area contributed by atoms with E-state index in [9.17, 15) is 4.79 Å². The summed E-state index contributed by atoms with van der Waals surface area (Å²) in [6.45, 7) is 5.25. The number of nitrogens with zero attached hydrogens (tertiary/aromatic N) is 3. The minimum absolute atomic E-state index is 0.305. The van der Waals surface area contributed by atoms with Crippen LogP contribution in [0.15, 0.2) is 79.1 Å². The fourth-order valence-corrected chi connectivity index (χ4v) is 5.71. The van der Waals surface area contributed by atoms with Gasteiger partial charge in [0, 0.05) is 43.3 Å². The summed E-state index contributed by atoms with van der Waals surface area (Å²) >= 11 is 0. The minimum atomic E-state index is -0.816. The van der Waals surface area contributed by atoms with E-state index < -0.39 is 11.9 Å². The second-order valence-electron chi connectivity index (χ2n) is 10.7. The van der Waals surface area contributed by atoms with Crippen LogP contribution in [0.4, 0.5) is 15.8 Å². The van der Waals surface area contributed by atoms with E-state index >= 15 is 4.39 Å². The molecule has 0 amide bonds. The maximum Gasteiger partial charge on any atom is 0.309 e. The monoisotopic (exact) mass is 562 g/mol. The van der Waals surface area contributed by atoms with Crippen LogP contribution in [-0.2, 0) is 11.3 Å². The first-order valence-corrected chi connectivity index (χ1v) is 13.8. The van der Waals surface area contributed by atoms with Gasteiger partial charge >= 0.3 is 5.97 Å². The molecule has 0 unspecified atom stereocenters. The fraction of sp³-hybridized carbons (Fsp3) is 0.206. The zero-order valence-electron chi connectivity index (χ0n) is 23.7. The van der Waals surface area contributed by atoms with Gasteiger partial charge < -0.3 is 15.2 Å². The number of benzene rings is 3. The number of halogens is 1. The Morgan fingerprint density at radius 1 is 0.952 bits per heavy atom. The van der Waals surface area contributed by atoms with Crippen LogP contribution in [0.3, 0.4) is 0 Å². The number of carboxylic acid groups (broad SMARTS) is 1. The Balaban J connectivity index is 1.32. The molecule has 0 atom stereocenters. The van der Waals surface area contributed by atoms with Gasteiger partial charge in [-0.05, 0) is 83.6 Å². The van der Waals surface area contributed by atoms with E-state index in [-0.39, 0.29) is 5.82 Å². The molecule has 0 spiro atoms. The van der Waals surface area contributed by atoms with Crippen LogP contribution >= 0.6 is 0 Å². The van der Waals surface area contributed by atoms with Gasteiger partial charge in [-0.3, -0.25) is 19.7 Å². The number of anilines is 2. The topological polar surface area (TPSA) is 87.6 Å². The fourth-order valence-electron chi connectivity index (χ4n) is 5.71. The number of carboxylic acids is 1. The minimum Gasteiger partial charge on any atom is -0.496 e. The number of nitrogens with one attached hydrogen (secondary N) is 1. The number of hydrogen-bond donors (Lipinski definition) is 2. The summed E-state index contributed by atoms with van der Waals surface area (Å²) < 4.78 is 21.1. The van der Waals surface area contributed by atoms with Crippen molar-refractivity contribution in [1.82, 2.24) is 14.9 Å². The summed E-state index contributed by atoms with van der Waals surface area (Å²) in [5.41, 5.74) is 9.76. The molecule has 0 bridgehead atoms. The first-order valence-electron chi connectivity index (χ1n) is 13.8. The smallest absolute Gasteiger partial charge is 0.309 e. The average molecular weight is 563 g/mol. The molecule has 3 aromatic carbocycles. The van der Waals surface area contributed by atoms with E-state index in [1.54, 1.807) is 18.5 Å². The number of methoxy groups -OCH3 is 1. The lowest BCUT2D eigenvalue weighted by molar-refractivity contribution is -0.147. The lowest BCUT2D eigenvalue weighted by Crippen LogP contribution is -2.49. The highest BCUT2D eigenvalue weighted by Gasteiger charge is 2.33. The molecule has 42 heavy (non-hydrogen) atoms. The van der Waals surface area contributed by atoms with E-state index in [0.29, 0.717) is 30.9 Å². The van der Waals surface area contributed by atoms with Crippen molar-refractivity contribution in [3.63, 3.8) is 0 Å². The Bertz CT molecular complexity index is 1810. The number of likely N-dealkylation sites (tertiary alicyclic amines) is 1. The Labute approximate surface area is 243 Å². The van der Waals surface area contributed by atoms with Gasteiger partial charge in [-0.15, -0.1) is 0 Å². The van der Waals surface area contributed by atoms with Crippen LogP contribution in [0, 0.1) is 25.6 Å². The van der Waals surface area contributed by atoms with Crippen LogP contribution in [-0.4, -0.2) is 46.1 Å². The van der Waals surface area contributed by atoms with Gasteiger partial charge in [0.2, 0.25) is 0 Å². The molecule has 8 heteroatoms. The van der Waals surface area contributed by atoms with Crippen molar-refractivity contribution in [2.45, 2.75) is 20.4 Å². The summed E-state index contributed by atoms with van der Waals surface area (Å²) in [5.74, 6) is -1.13. The van der Waals surface area contributed by atoms with Crippen molar-refractivity contribution in [2.75, 3.05) is 25.5 Å². The molecule has 5 aromatic rings. The summed E-state index contributed by atoms with van der Waals surface area (Å²) in [7, 11) is 1.53. The third-order valence-corrected chi connectivity index (χ3v) is 8.10. The zero-order valence-corrected chi connectivity index (χ0v) is 23.7. The van der Waals surface area contributed by atoms with E-state index in [1.165, 1.54) is 7.11 Å². The molecule has 2 N–H and O–H groups in total. The molecule has 3 heterocycles. The molecule has 212 valence electrons. The highest BCUT2D eigenvalue weighted by Crippen LogP contribution is 2.39. The van der Waals surface area contributed by atoms with Crippen LogP contribution in [0.25, 0.3) is 33.3 Å². The number of carbonyl (C=O) groups is 1. The molecular formula is C34H31FN4O3. The van der Waals surface area contributed by atoms with Crippen molar-refractivity contribution in [3.8, 4) is 28.0 Å². The van der Waals surface area contributed by atoms with Crippen LogP contribution in [0.2, 0.25) is 0 Å². The molecule has 0 radical (unpaired) electrons. The SMILES string of the molecule is COc1cc(-c2cccc(-c3cccc(Nc4ccnc5cccnc45)c3C)c2C)cc(F)c1CN1CC(C(=O)O)C1. The summed E-state index contributed by atoms with van der Waals surface area (Å²) in [6, 6.07) is 21.4. The number of ether oxygens (including phenoxy) is 1. The quantitative estimate of drug-likeness (QED) is 0.211. The van der Waals surface area contributed by atoms with Crippen molar-refractivity contribution >= 4 is 28.4 Å². The van der Waals surface area contributed by atoms with Gasteiger partial charge in [0.15, 0.2) is 0 Å². The first-order chi connectivity index (χ1) is 20.3. The number of fused-ring (bicyclic) bond motifs is 1. The van der Waals surface area contributed by atoms with Crippen LogP contribution in [0.5, 0.6) is 5.75 Å². The van der Waals surface area contributed by atoms with E-state index in [1.807, 2.05) is 53.4 Å². The van der Waals surface area contributed by atoms with Crippen LogP contribution < -0.4 is 10.1 Å². The Morgan fingerprint density at radius 2 is 1.69 bits per heavy atom. The lowest BCUT2D eigenvalue weighted by Gasteiger charge is -2.36. The van der Waals surface area contributed by atoms with Crippen molar-refractivity contribution in [2.24, 2.45) is 5.92 Å². The number of hydrogen-bond acceptors (Lipinski definition) is 6. The van der Waals surface area contributed by atoms with E-state index in [4.69, 9.17) is 9.84 Å². The molecule has 2 aromatic heterocycles. The first kappa shape index (κ1) is 27.4. The van der Waals surface area contributed by atoms with Gasteiger partial charge in [-0.1, -0.05) is 30.3 Å². The third kappa shape index (κ3) is 5.05. The molecule has 0 aliphatic carbocycles. The number of pyridine rings is 2. The van der Waals surface area contributed by atoms with Crippen LogP contribution in [0.1, 0.15) is 16.7 Å². The Kier molecular flexibility index (Phi) is 7.31. The third-order valence-electron chi connectivity index (χ3n) is 8.10. The van der Waals surface area contributed by atoms with Gasteiger partial charge in [0.1, 0.15) is 17.1 Å². The molecule has 1 aliphatic rings. The maximum atomic E-state index is 15.5. The predicted molar refractivity (Wildman–Crippen MR) is 163 cm³/mol. The standard InChI is InChI=1S/C34H31FN4O3/c1-20-24(22-15-28(35)27(32(16-22)42-3)19-39-17-23(18-39)34(40)41)7-4-8-25(20)26-9-5-10-29(21(26)2)38-31-12-14-36-30-11-6-13-37-33(30)31/h4-16,23H,17-19H2,1-3H3,(H,36,38)(H,40,41). The largest absolute Gasteiger partial charge is 0.496 e. The highest BCUT2D eigenvalue weighted by atomic mass is 19.1. The van der Waals surface area contributed by atoms with Crippen molar-refractivity contribution in [3.05, 3.63) is 102 Å². The normalized spacial score (nSPS) is 13.6. The lowest BCUT2D eigenvalue weighted by atomic mass is 9.90. The van der Waals surface area contributed by atoms with Crippen molar-refractivity contribution in [1.29, 1.82) is 0 Å². The molecule has 0 saturated carbocycles. The zero-order chi connectivity index (χ0) is 29.4. The number of aromatic nitrogens is 2. The molecule has 1 aliphatic heterocycles. The van der Waals surface area contributed by atoms with Crippen molar-refractivity contribution < 1.29 is 19.0 Å². The molecule has 1 fully saturated rings. The molecular weight excluding hydrogens is 531 g/mol. The summed E-state index contributed by atoms with van der Waals surface area (Å²) in [5, 5.41) is 12.7. The second-order valence-corrected chi connectivity index (χ2v) is 10.7. The maximum absolute atomic E-state index is 15.5.